The molecule has 3 aromatic rings. The van der Waals surface area contributed by atoms with E-state index >= 15 is 0 Å². The highest BCUT2D eigenvalue weighted by molar-refractivity contribution is 6.16. The molecule has 0 unspecified atom stereocenters. The van der Waals surface area contributed by atoms with Gasteiger partial charge in [0.1, 0.15) is 0 Å². The first kappa shape index (κ1) is 17.2. The molecule has 0 saturated heterocycles. The summed E-state index contributed by atoms with van der Waals surface area (Å²) in [7, 11) is 0. The zero-order valence-electron chi connectivity index (χ0n) is 13.7. The van der Waals surface area contributed by atoms with E-state index in [0.717, 1.165) is 12.8 Å². The summed E-state index contributed by atoms with van der Waals surface area (Å²) in [4.78, 5) is 20.9. The number of hydrogen-bond donors (Lipinski definition) is 2. The fraction of sp³-hybridized carbons (Fsp3) is 0.400. The first-order valence-corrected chi connectivity index (χ1v) is 8.37. The van der Waals surface area contributed by atoms with Gasteiger partial charge in [-0.1, -0.05) is 13.3 Å². The summed E-state index contributed by atoms with van der Waals surface area (Å²) in [5.41, 5.74) is 7.89. The van der Waals surface area contributed by atoms with E-state index < -0.39 is 0 Å². The van der Waals surface area contributed by atoms with E-state index in [1.54, 1.807) is 12.4 Å². The van der Waals surface area contributed by atoms with E-state index in [4.69, 9.17) is 22.1 Å². The molecule has 3 aromatic heterocycles. The van der Waals surface area contributed by atoms with Crippen LogP contribution in [0.3, 0.4) is 0 Å². The fourth-order valence-corrected chi connectivity index (χ4v) is 2.34. The second-order valence-corrected chi connectivity index (χ2v) is 5.66. The molecule has 9 nitrogen and oxygen atoms in total. The molecular weight excluding hydrogens is 346 g/mol. The molecule has 0 radical (unpaired) electrons. The van der Waals surface area contributed by atoms with Crippen molar-refractivity contribution >= 4 is 28.6 Å². The normalized spacial score (nSPS) is 11.1. The Labute approximate surface area is 148 Å². The van der Waals surface area contributed by atoms with Crippen molar-refractivity contribution in [3.05, 3.63) is 23.8 Å². The van der Waals surface area contributed by atoms with Crippen LogP contribution in [0.5, 0.6) is 12.0 Å². The van der Waals surface area contributed by atoms with E-state index in [9.17, 15) is 5.11 Å². The number of aromatic hydroxyl groups is 1. The molecule has 0 atom stereocenters. The lowest BCUT2D eigenvalue weighted by Gasteiger charge is -2.07. The summed E-state index contributed by atoms with van der Waals surface area (Å²) >= 11 is 5.71. The van der Waals surface area contributed by atoms with Crippen LogP contribution in [0.25, 0.3) is 11.2 Å². The molecule has 0 aliphatic carbocycles. The smallest absolute Gasteiger partial charge is 0.320 e. The number of halogens is 1. The topological polar surface area (TPSA) is 125 Å². The van der Waals surface area contributed by atoms with Crippen LogP contribution in [-0.4, -0.2) is 41.2 Å². The maximum Gasteiger partial charge on any atom is 0.320 e. The van der Waals surface area contributed by atoms with Gasteiger partial charge in [-0.15, -0.1) is 11.6 Å². The number of fused-ring (bicyclic) bond motifs is 1. The fourth-order valence-electron chi connectivity index (χ4n) is 2.20. The summed E-state index contributed by atoms with van der Waals surface area (Å²) in [6.45, 7) is 2.78. The molecule has 0 aliphatic rings. The number of alkyl halides is 1. The van der Waals surface area contributed by atoms with Gasteiger partial charge in [-0.05, 0) is 6.42 Å². The molecule has 25 heavy (non-hydrogen) atoms. The predicted molar refractivity (Wildman–Crippen MR) is 92.5 cm³/mol. The van der Waals surface area contributed by atoms with Crippen LogP contribution < -0.4 is 10.5 Å². The average molecular weight is 364 g/mol. The summed E-state index contributed by atoms with van der Waals surface area (Å²) in [5, 5.41) is 10.1. The van der Waals surface area contributed by atoms with Crippen molar-refractivity contribution in [2.45, 2.75) is 32.2 Å². The molecule has 0 aromatic carbocycles. The van der Waals surface area contributed by atoms with Gasteiger partial charge in [0.25, 0.3) is 6.01 Å². The quantitative estimate of drug-likeness (QED) is 0.481. The number of aromatic nitrogens is 6. The Morgan fingerprint density at radius 3 is 2.64 bits per heavy atom. The second kappa shape index (κ2) is 7.47. The van der Waals surface area contributed by atoms with Gasteiger partial charge in [-0.3, -0.25) is 14.5 Å². The molecule has 132 valence electrons. The summed E-state index contributed by atoms with van der Waals surface area (Å²) < 4.78 is 6.99. The lowest BCUT2D eigenvalue weighted by atomic mass is 10.4. The van der Waals surface area contributed by atoms with Crippen LogP contribution in [-0.2, 0) is 12.4 Å². The molecule has 10 heteroatoms. The zero-order valence-corrected chi connectivity index (χ0v) is 14.4. The second-order valence-electron chi connectivity index (χ2n) is 5.40. The van der Waals surface area contributed by atoms with Gasteiger partial charge in [0.2, 0.25) is 0 Å². The Hall–Kier alpha value is -2.68. The highest BCUT2D eigenvalue weighted by Gasteiger charge is 2.17. The minimum Gasteiger partial charge on any atom is -0.480 e. The third kappa shape index (κ3) is 3.71. The van der Waals surface area contributed by atoms with Gasteiger partial charge >= 0.3 is 6.01 Å². The van der Waals surface area contributed by atoms with Crippen LogP contribution in [0.2, 0.25) is 0 Å². The van der Waals surface area contributed by atoms with Crippen LogP contribution in [0, 0.1) is 0 Å². The van der Waals surface area contributed by atoms with Gasteiger partial charge in [0.05, 0.1) is 36.6 Å². The highest BCUT2D eigenvalue weighted by Crippen LogP contribution is 2.25. The molecule has 0 saturated carbocycles. The molecule has 3 heterocycles. The van der Waals surface area contributed by atoms with E-state index in [1.165, 1.54) is 4.57 Å². The number of ether oxygens (including phenoxy) is 1. The number of nitrogens with zero attached hydrogens (tertiary/aromatic N) is 6. The van der Waals surface area contributed by atoms with Gasteiger partial charge in [0.15, 0.2) is 17.0 Å². The largest absolute Gasteiger partial charge is 0.480 e. The van der Waals surface area contributed by atoms with Crippen molar-refractivity contribution in [3.63, 3.8) is 0 Å². The number of nitrogens with two attached hydrogens (primary N) is 1. The summed E-state index contributed by atoms with van der Waals surface area (Å²) in [5.74, 6) is 0.434. The standard InChI is InChI=1S/C15H18ClN7O2/c1-2-3-4-25-14-21-12(17)11-13(22-14)23(15(24)20-11)8-10-7-18-9(5-16)6-19-10/h6-7H,2-5,8H2,1H3,(H,20,24)(H2,17,21,22). The van der Waals surface area contributed by atoms with Crippen molar-refractivity contribution < 1.29 is 9.84 Å². The highest BCUT2D eigenvalue weighted by atomic mass is 35.5. The maximum absolute atomic E-state index is 10.1. The number of hydrogen-bond acceptors (Lipinski definition) is 8. The van der Waals surface area contributed by atoms with Crippen molar-refractivity contribution in [2.75, 3.05) is 12.3 Å². The number of rotatable bonds is 7. The SMILES string of the molecule is CCCCOc1nc(N)c2nc(O)n(Cc3cnc(CCl)cn3)c2n1. The lowest BCUT2D eigenvalue weighted by molar-refractivity contribution is 0.286. The first-order chi connectivity index (χ1) is 12.1. The molecule has 0 fully saturated rings. The van der Waals surface area contributed by atoms with E-state index in [1.807, 2.05) is 0 Å². The molecule has 0 bridgehead atoms. The zero-order chi connectivity index (χ0) is 17.8. The van der Waals surface area contributed by atoms with Gasteiger partial charge in [-0.2, -0.15) is 15.0 Å². The first-order valence-electron chi connectivity index (χ1n) is 7.83. The van der Waals surface area contributed by atoms with E-state index in [-0.39, 0.29) is 30.3 Å². The van der Waals surface area contributed by atoms with E-state index in [2.05, 4.69) is 31.8 Å². The number of anilines is 1. The van der Waals surface area contributed by atoms with Gasteiger partial charge in [-0.25, -0.2) is 0 Å². The Morgan fingerprint density at radius 2 is 1.96 bits per heavy atom. The molecule has 0 amide bonds. The Kier molecular flexibility index (Phi) is 5.13. The Bertz CT molecular complexity index is 866. The lowest BCUT2D eigenvalue weighted by Crippen LogP contribution is -2.07. The Morgan fingerprint density at radius 1 is 1.20 bits per heavy atom. The number of nitrogen functional groups attached to an aromatic ring is 1. The number of unbranched alkanes of at least 4 members (excludes halogenated alkanes) is 1. The van der Waals surface area contributed by atoms with Crippen molar-refractivity contribution in [1.29, 1.82) is 0 Å². The van der Waals surface area contributed by atoms with Crippen molar-refractivity contribution in [2.24, 2.45) is 0 Å². The van der Waals surface area contributed by atoms with Crippen LogP contribution >= 0.6 is 11.6 Å². The number of imidazole rings is 1. The average Bonchev–Trinajstić information content (AvgIpc) is 2.93. The van der Waals surface area contributed by atoms with Crippen LogP contribution in [0.15, 0.2) is 12.4 Å². The molecule has 0 spiro atoms. The van der Waals surface area contributed by atoms with Gasteiger partial charge in [0, 0.05) is 6.20 Å². The third-order valence-corrected chi connectivity index (χ3v) is 3.80. The Balaban J connectivity index is 1.94. The van der Waals surface area contributed by atoms with Crippen molar-refractivity contribution in [3.8, 4) is 12.0 Å². The molecule has 3 N–H and O–H groups in total. The van der Waals surface area contributed by atoms with Crippen LogP contribution in [0.1, 0.15) is 31.2 Å². The molecule has 0 aliphatic heterocycles. The monoisotopic (exact) mass is 363 g/mol. The van der Waals surface area contributed by atoms with Crippen LogP contribution in [0.4, 0.5) is 5.82 Å². The minimum absolute atomic E-state index is 0.147. The third-order valence-electron chi connectivity index (χ3n) is 3.53. The van der Waals surface area contributed by atoms with E-state index in [0.29, 0.717) is 29.2 Å². The minimum atomic E-state index is -0.232. The maximum atomic E-state index is 10.1. The summed E-state index contributed by atoms with van der Waals surface area (Å²) in [6, 6.07) is -0.0758. The van der Waals surface area contributed by atoms with Gasteiger partial charge < -0.3 is 15.6 Å². The predicted octanol–water partition coefficient (Wildman–Crippen LogP) is 1.87. The summed E-state index contributed by atoms with van der Waals surface area (Å²) in [6.07, 6.45) is 5.05. The van der Waals surface area contributed by atoms with Crippen molar-refractivity contribution in [1.82, 2.24) is 29.5 Å². The molecule has 3 rings (SSSR count). The molecular formula is C15H18ClN7O2.